The molecular formula is C10H10ClNO3. The van der Waals surface area contributed by atoms with E-state index in [0.717, 1.165) is 0 Å². The SMILES string of the molecule is COC(=O)CC(=O)c1cc(C)nc(Cl)c1. The number of hydrogen-bond acceptors (Lipinski definition) is 4. The highest BCUT2D eigenvalue weighted by Crippen LogP contribution is 2.12. The molecule has 0 bridgehead atoms. The van der Waals surface area contributed by atoms with Crippen LogP contribution in [0, 0.1) is 6.92 Å². The molecule has 4 nitrogen and oxygen atoms in total. The number of carbonyl (C=O) groups is 2. The Balaban J connectivity index is 2.86. The summed E-state index contributed by atoms with van der Waals surface area (Å²) in [5.41, 5.74) is 1.01. The number of nitrogens with zero attached hydrogens (tertiary/aromatic N) is 1. The summed E-state index contributed by atoms with van der Waals surface area (Å²) in [6.45, 7) is 1.72. The van der Waals surface area contributed by atoms with E-state index in [2.05, 4.69) is 9.72 Å². The van der Waals surface area contributed by atoms with Crippen LogP contribution >= 0.6 is 11.6 Å². The lowest BCUT2D eigenvalue weighted by Gasteiger charge is -2.01. The summed E-state index contributed by atoms with van der Waals surface area (Å²) in [4.78, 5) is 26.3. The van der Waals surface area contributed by atoms with Gasteiger partial charge in [0.15, 0.2) is 5.78 Å². The van der Waals surface area contributed by atoms with Crippen molar-refractivity contribution in [1.29, 1.82) is 0 Å². The Morgan fingerprint density at radius 3 is 2.67 bits per heavy atom. The largest absolute Gasteiger partial charge is 0.469 e. The topological polar surface area (TPSA) is 56.3 Å². The normalized spacial score (nSPS) is 9.80. The average molecular weight is 228 g/mol. The van der Waals surface area contributed by atoms with Gasteiger partial charge in [-0.3, -0.25) is 9.59 Å². The molecule has 0 spiro atoms. The third-order valence-corrected chi connectivity index (χ3v) is 1.97. The maximum absolute atomic E-state index is 11.5. The van der Waals surface area contributed by atoms with E-state index in [1.54, 1.807) is 13.0 Å². The van der Waals surface area contributed by atoms with Gasteiger partial charge in [-0.05, 0) is 19.1 Å². The zero-order chi connectivity index (χ0) is 11.4. The number of aromatic nitrogens is 1. The van der Waals surface area contributed by atoms with Gasteiger partial charge in [-0.15, -0.1) is 0 Å². The lowest BCUT2D eigenvalue weighted by atomic mass is 10.1. The van der Waals surface area contributed by atoms with Crippen molar-refractivity contribution < 1.29 is 14.3 Å². The molecule has 15 heavy (non-hydrogen) atoms. The first-order valence-electron chi connectivity index (χ1n) is 4.27. The van der Waals surface area contributed by atoms with E-state index < -0.39 is 5.97 Å². The van der Waals surface area contributed by atoms with Crippen molar-refractivity contribution >= 4 is 23.4 Å². The van der Waals surface area contributed by atoms with Crippen molar-refractivity contribution in [3.63, 3.8) is 0 Å². The lowest BCUT2D eigenvalue weighted by Crippen LogP contribution is -2.10. The van der Waals surface area contributed by atoms with Crippen molar-refractivity contribution in [2.24, 2.45) is 0 Å². The number of carbonyl (C=O) groups excluding carboxylic acids is 2. The molecule has 0 saturated heterocycles. The summed E-state index contributed by atoms with van der Waals surface area (Å²) in [7, 11) is 1.24. The van der Waals surface area contributed by atoms with Crippen molar-refractivity contribution in [3.05, 3.63) is 28.5 Å². The van der Waals surface area contributed by atoms with Gasteiger partial charge in [0.2, 0.25) is 0 Å². The van der Waals surface area contributed by atoms with Crippen LogP contribution in [-0.4, -0.2) is 23.8 Å². The first-order valence-corrected chi connectivity index (χ1v) is 4.65. The van der Waals surface area contributed by atoms with Gasteiger partial charge < -0.3 is 4.74 Å². The Morgan fingerprint density at radius 1 is 1.47 bits per heavy atom. The number of rotatable bonds is 3. The minimum atomic E-state index is -0.564. The van der Waals surface area contributed by atoms with E-state index in [9.17, 15) is 9.59 Å². The fraction of sp³-hybridized carbons (Fsp3) is 0.300. The van der Waals surface area contributed by atoms with E-state index in [-0.39, 0.29) is 17.4 Å². The highest BCUT2D eigenvalue weighted by atomic mass is 35.5. The fourth-order valence-electron chi connectivity index (χ4n) is 1.09. The zero-order valence-corrected chi connectivity index (χ0v) is 9.17. The van der Waals surface area contributed by atoms with E-state index in [1.807, 2.05) is 0 Å². The molecule has 5 heteroatoms. The Hall–Kier alpha value is -1.42. The van der Waals surface area contributed by atoms with Crippen LogP contribution < -0.4 is 0 Å². The van der Waals surface area contributed by atoms with Gasteiger partial charge in [0.1, 0.15) is 11.6 Å². The molecule has 0 atom stereocenters. The van der Waals surface area contributed by atoms with E-state index >= 15 is 0 Å². The highest BCUT2D eigenvalue weighted by molar-refractivity contribution is 6.29. The van der Waals surface area contributed by atoms with Crippen LogP contribution in [0.3, 0.4) is 0 Å². The third kappa shape index (κ3) is 3.32. The average Bonchev–Trinajstić information content (AvgIpc) is 2.16. The maximum Gasteiger partial charge on any atom is 0.313 e. The smallest absolute Gasteiger partial charge is 0.313 e. The number of halogens is 1. The molecule has 0 aliphatic carbocycles. The molecule has 0 aromatic carbocycles. The number of ether oxygens (including phenoxy) is 1. The van der Waals surface area contributed by atoms with Gasteiger partial charge in [0.05, 0.1) is 7.11 Å². The highest BCUT2D eigenvalue weighted by Gasteiger charge is 2.13. The molecule has 0 aliphatic rings. The van der Waals surface area contributed by atoms with Crippen LogP contribution in [-0.2, 0) is 9.53 Å². The molecule has 1 aromatic rings. The summed E-state index contributed by atoms with van der Waals surface area (Å²) in [5.74, 6) is -0.889. The Morgan fingerprint density at radius 2 is 2.13 bits per heavy atom. The molecule has 80 valence electrons. The van der Waals surface area contributed by atoms with Crippen LogP contribution in [0.2, 0.25) is 5.15 Å². The van der Waals surface area contributed by atoms with Gasteiger partial charge in [0, 0.05) is 11.3 Å². The number of methoxy groups -OCH3 is 1. The predicted molar refractivity (Wildman–Crippen MR) is 54.9 cm³/mol. The summed E-state index contributed by atoms with van der Waals surface area (Å²) < 4.78 is 4.39. The third-order valence-electron chi connectivity index (χ3n) is 1.78. The number of Topliss-reactive ketones (excluding diaryl/α,β-unsaturated/α-hetero) is 1. The van der Waals surface area contributed by atoms with E-state index in [4.69, 9.17) is 11.6 Å². The standard InChI is InChI=1S/C10H10ClNO3/c1-6-3-7(4-9(11)12-6)8(13)5-10(14)15-2/h3-4H,5H2,1-2H3. The maximum atomic E-state index is 11.5. The second-order valence-electron chi connectivity index (χ2n) is 3.00. The van der Waals surface area contributed by atoms with Gasteiger partial charge in [-0.1, -0.05) is 11.6 Å². The molecule has 0 N–H and O–H groups in total. The second kappa shape index (κ2) is 4.89. The number of esters is 1. The molecule has 0 saturated carbocycles. The van der Waals surface area contributed by atoms with E-state index in [1.165, 1.54) is 13.2 Å². The molecule has 1 rings (SSSR count). The molecule has 0 aliphatic heterocycles. The van der Waals surface area contributed by atoms with Crippen molar-refractivity contribution in [3.8, 4) is 0 Å². The first kappa shape index (κ1) is 11.7. The number of aryl methyl sites for hydroxylation is 1. The van der Waals surface area contributed by atoms with E-state index in [0.29, 0.717) is 11.3 Å². The summed E-state index contributed by atoms with van der Waals surface area (Å²) in [6.07, 6.45) is -0.281. The van der Waals surface area contributed by atoms with Crippen LogP contribution in [0.4, 0.5) is 0 Å². The monoisotopic (exact) mass is 227 g/mol. The minimum absolute atomic E-state index is 0.239. The van der Waals surface area contributed by atoms with Gasteiger partial charge in [-0.25, -0.2) is 4.98 Å². The lowest BCUT2D eigenvalue weighted by molar-refractivity contribution is -0.139. The van der Waals surface area contributed by atoms with Crippen LogP contribution in [0.5, 0.6) is 0 Å². The molecule has 0 fully saturated rings. The predicted octanol–water partition coefficient (Wildman–Crippen LogP) is 1.79. The molecule has 0 amide bonds. The van der Waals surface area contributed by atoms with Crippen molar-refractivity contribution in [2.75, 3.05) is 7.11 Å². The number of ketones is 1. The summed E-state index contributed by atoms with van der Waals surface area (Å²) in [6, 6.07) is 3.01. The molecule has 0 radical (unpaired) electrons. The van der Waals surface area contributed by atoms with Gasteiger partial charge >= 0.3 is 5.97 Å². The van der Waals surface area contributed by atoms with Crippen molar-refractivity contribution in [2.45, 2.75) is 13.3 Å². The summed E-state index contributed by atoms with van der Waals surface area (Å²) in [5, 5.41) is 0.239. The van der Waals surface area contributed by atoms with Crippen molar-refractivity contribution in [1.82, 2.24) is 4.98 Å². The van der Waals surface area contributed by atoms with Crippen LogP contribution in [0.1, 0.15) is 22.5 Å². The second-order valence-corrected chi connectivity index (χ2v) is 3.38. The van der Waals surface area contributed by atoms with Gasteiger partial charge in [-0.2, -0.15) is 0 Å². The number of pyridine rings is 1. The summed E-state index contributed by atoms with van der Waals surface area (Å²) >= 11 is 5.69. The van der Waals surface area contributed by atoms with Gasteiger partial charge in [0.25, 0.3) is 0 Å². The molecule has 1 heterocycles. The Bertz CT molecular complexity index is 383. The molecule has 0 unspecified atom stereocenters. The van der Waals surface area contributed by atoms with Crippen LogP contribution in [0.25, 0.3) is 0 Å². The Labute approximate surface area is 92.2 Å². The number of hydrogen-bond donors (Lipinski definition) is 0. The molecular weight excluding hydrogens is 218 g/mol. The van der Waals surface area contributed by atoms with Crippen LogP contribution in [0.15, 0.2) is 12.1 Å². The fourth-order valence-corrected chi connectivity index (χ4v) is 1.35. The minimum Gasteiger partial charge on any atom is -0.469 e. The zero-order valence-electron chi connectivity index (χ0n) is 8.41. The molecule has 1 aromatic heterocycles. The quantitative estimate of drug-likeness (QED) is 0.342. The first-order chi connectivity index (χ1) is 7.02. The Kier molecular flexibility index (Phi) is 3.80.